The van der Waals surface area contributed by atoms with Gasteiger partial charge in [0.15, 0.2) is 0 Å². The molecule has 0 atom stereocenters. The lowest BCUT2D eigenvalue weighted by molar-refractivity contribution is -0.116. The number of nitrogens with one attached hydrogen (secondary N) is 1. The predicted octanol–water partition coefficient (Wildman–Crippen LogP) is 3.07. The van der Waals surface area contributed by atoms with Gasteiger partial charge in [-0.05, 0) is 43.7 Å². The van der Waals surface area contributed by atoms with Crippen LogP contribution in [0.15, 0.2) is 65.6 Å². The lowest BCUT2D eigenvalue weighted by Gasteiger charge is -2.15. The summed E-state index contributed by atoms with van der Waals surface area (Å²) < 4.78 is 28.0. The van der Waals surface area contributed by atoms with Crippen LogP contribution in [0, 0.1) is 13.8 Å². The molecule has 1 N–H and O–H groups in total. The quantitative estimate of drug-likeness (QED) is 0.575. The van der Waals surface area contributed by atoms with E-state index in [1.54, 1.807) is 24.3 Å². The van der Waals surface area contributed by atoms with Crippen LogP contribution in [0.4, 0.5) is 0 Å². The normalized spacial score (nSPS) is 11.9. The average Bonchev–Trinajstić information content (AvgIpc) is 3.04. The van der Waals surface area contributed by atoms with Gasteiger partial charge in [0.1, 0.15) is 0 Å². The van der Waals surface area contributed by atoms with Crippen molar-refractivity contribution in [2.24, 2.45) is 0 Å². The Morgan fingerprint density at radius 1 is 1.06 bits per heavy atom. The van der Waals surface area contributed by atoms with E-state index in [1.807, 2.05) is 48.9 Å². The molecule has 1 amide bonds. The summed E-state index contributed by atoms with van der Waals surface area (Å²) in [6.07, 6.45) is 3.17. The van der Waals surface area contributed by atoms with Gasteiger partial charge in [0, 0.05) is 38.0 Å². The summed E-state index contributed by atoms with van der Waals surface area (Å²) in [7, 11) is -0.633. The van der Waals surface area contributed by atoms with Gasteiger partial charge in [-0.3, -0.25) is 4.79 Å². The zero-order valence-corrected chi connectivity index (χ0v) is 18.8. The van der Waals surface area contributed by atoms with E-state index < -0.39 is 10.0 Å². The Morgan fingerprint density at radius 3 is 2.39 bits per heavy atom. The van der Waals surface area contributed by atoms with Crippen molar-refractivity contribution in [2.75, 3.05) is 14.1 Å². The van der Waals surface area contributed by atoms with Crippen LogP contribution < -0.4 is 5.32 Å². The van der Waals surface area contributed by atoms with Gasteiger partial charge in [0.2, 0.25) is 15.9 Å². The topological polar surface area (TPSA) is 84.3 Å². The highest BCUT2D eigenvalue weighted by Crippen LogP contribution is 2.20. The number of carbonyl (C=O) groups excluding carboxylic acids is 1. The molecule has 0 aliphatic rings. The number of aryl methyl sites for hydroxylation is 1. The molecular weight excluding hydrogens is 412 g/mol. The second-order valence-electron chi connectivity index (χ2n) is 7.28. The molecule has 1 aromatic heterocycles. The number of benzene rings is 2. The summed E-state index contributed by atoms with van der Waals surface area (Å²) >= 11 is 0. The van der Waals surface area contributed by atoms with Gasteiger partial charge in [-0.1, -0.05) is 36.4 Å². The number of aromatic nitrogens is 2. The molecule has 31 heavy (non-hydrogen) atoms. The third-order valence-electron chi connectivity index (χ3n) is 4.93. The first-order valence-electron chi connectivity index (χ1n) is 9.80. The van der Waals surface area contributed by atoms with E-state index in [-0.39, 0.29) is 17.3 Å². The Morgan fingerprint density at radius 2 is 1.71 bits per heavy atom. The average molecular weight is 439 g/mol. The number of hydrogen-bond acceptors (Lipinski definition) is 4. The Bertz CT molecular complexity index is 1210. The van der Waals surface area contributed by atoms with Gasteiger partial charge in [-0.15, -0.1) is 0 Å². The third kappa shape index (κ3) is 4.92. The zero-order chi connectivity index (χ0) is 22.6. The smallest absolute Gasteiger partial charge is 0.244 e. The molecule has 0 fully saturated rings. The summed E-state index contributed by atoms with van der Waals surface area (Å²) in [5.41, 5.74) is 4.09. The van der Waals surface area contributed by atoms with Crippen molar-refractivity contribution in [3.05, 3.63) is 83.2 Å². The Hall–Kier alpha value is -3.23. The van der Waals surface area contributed by atoms with E-state index >= 15 is 0 Å². The lowest BCUT2D eigenvalue weighted by atomic mass is 10.1. The standard InChI is InChI=1S/C23H26N4O3S/c1-17-21(18(2)27(25-17)20-11-6-5-7-12-20)14-15-23(28)24-16-19-10-8-9-13-22(19)31(29,30)26(3)4/h5-15H,16H2,1-4H3,(H,24,28)/b15-14+. The van der Waals surface area contributed by atoms with Crippen LogP contribution in [0.25, 0.3) is 11.8 Å². The molecule has 2 aromatic carbocycles. The molecule has 162 valence electrons. The molecule has 0 spiro atoms. The van der Waals surface area contributed by atoms with Crippen LogP contribution >= 0.6 is 0 Å². The van der Waals surface area contributed by atoms with Gasteiger partial charge in [-0.25, -0.2) is 17.4 Å². The number of sulfonamides is 1. The van der Waals surface area contributed by atoms with Gasteiger partial charge >= 0.3 is 0 Å². The lowest BCUT2D eigenvalue weighted by Crippen LogP contribution is -2.26. The van der Waals surface area contributed by atoms with Gasteiger partial charge in [-0.2, -0.15) is 5.10 Å². The number of amides is 1. The van der Waals surface area contributed by atoms with Crippen molar-refractivity contribution in [3.8, 4) is 5.69 Å². The molecule has 0 unspecified atom stereocenters. The molecule has 3 rings (SSSR count). The number of rotatable bonds is 7. The second-order valence-corrected chi connectivity index (χ2v) is 9.40. The van der Waals surface area contributed by atoms with Crippen molar-refractivity contribution in [2.45, 2.75) is 25.3 Å². The Kier molecular flexibility index (Phi) is 6.72. The van der Waals surface area contributed by atoms with Crippen molar-refractivity contribution in [1.29, 1.82) is 0 Å². The van der Waals surface area contributed by atoms with E-state index in [4.69, 9.17) is 0 Å². The van der Waals surface area contributed by atoms with Crippen LogP contribution in [-0.4, -0.2) is 42.5 Å². The minimum absolute atomic E-state index is 0.105. The summed E-state index contributed by atoms with van der Waals surface area (Å²) in [5, 5.41) is 7.33. The maximum atomic E-state index is 12.5. The van der Waals surface area contributed by atoms with Crippen molar-refractivity contribution < 1.29 is 13.2 Å². The van der Waals surface area contributed by atoms with Crippen molar-refractivity contribution in [1.82, 2.24) is 19.4 Å². The molecule has 7 nitrogen and oxygen atoms in total. The first-order valence-corrected chi connectivity index (χ1v) is 11.2. The molecule has 0 saturated heterocycles. The van der Waals surface area contributed by atoms with Gasteiger partial charge in [0.05, 0.1) is 16.3 Å². The minimum atomic E-state index is -3.59. The first-order chi connectivity index (χ1) is 14.7. The number of hydrogen-bond donors (Lipinski definition) is 1. The van der Waals surface area contributed by atoms with Crippen molar-refractivity contribution >= 4 is 22.0 Å². The Labute approximate surface area is 183 Å². The SMILES string of the molecule is Cc1nn(-c2ccccc2)c(C)c1/C=C/C(=O)NCc1ccccc1S(=O)(=O)N(C)C. The highest BCUT2D eigenvalue weighted by molar-refractivity contribution is 7.89. The number of para-hydroxylation sites is 1. The predicted molar refractivity (Wildman–Crippen MR) is 121 cm³/mol. The van der Waals surface area contributed by atoms with E-state index in [0.717, 1.165) is 26.9 Å². The van der Waals surface area contributed by atoms with Crippen LogP contribution in [0.2, 0.25) is 0 Å². The second kappa shape index (κ2) is 9.28. The van der Waals surface area contributed by atoms with Crippen molar-refractivity contribution in [3.63, 3.8) is 0 Å². The van der Waals surface area contributed by atoms with Gasteiger partial charge < -0.3 is 5.32 Å². The summed E-state index contributed by atoms with van der Waals surface area (Å²) in [6.45, 7) is 3.95. The van der Waals surface area contributed by atoms with Crippen LogP contribution in [-0.2, 0) is 21.4 Å². The van der Waals surface area contributed by atoms with Gasteiger partial charge in [0.25, 0.3) is 0 Å². The zero-order valence-electron chi connectivity index (χ0n) is 18.0. The van der Waals surface area contributed by atoms with Crippen LogP contribution in [0.5, 0.6) is 0 Å². The minimum Gasteiger partial charge on any atom is -0.348 e. The highest BCUT2D eigenvalue weighted by atomic mass is 32.2. The largest absolute Gasteiger partial charge is 0.348 e. The molecule has 1 heterocycles. The van der Waals surface area contributed by atoms with E-state index in [0.29, 0.717) is 5.56 Å². The molecule has 3 aromatic rings. The molecule has 0 aliphatic heterocycles. The molecule has 0 saturated carbocycles. The van der Waals surface area contributed by atoms with E-state index in [1.165, 1.54) is 26.2 Å². The Balaban J connectivity index is 1.74. The number of nitrogens with zero attached hydrogens (tertiary/aromatic N) is 3. The molecular formula is C23H26N4O3S. The molecule has 8 heteroatoms. The fourth-order valence-electron chi connectivity index (χ4n) is 3.22. The fraction of sp³-hybridized carbons (Fsp3) is 0.217. The summed E-state index contributed by atoms with van der Waals surface area (Å²) in [6, 6.07) is 16.4. The summed E-state index contributed by atoms with van der Waals surface area (Å²) in [4.78, 5) is 12.6. The molecule has 0 bridgehead atoms. The maximum absolute atomic E-state index is 12.5. The number of carbonyl (C=O) groups is 1. The van der Waals surface area contributed by atoms with E-state index in [2.05, 4.69) is 10.4 Å². The molecule has 0 aliphatic carbocycles. The maximum Gasteiger partial charge on any atom is 0.244 e. The van der Waals surface area contributed by atoms with Crippen LogP contribution in [0.3, 0.4) is 0 Å². The van der Waals surface area contributed by atoms with E-state index in [9.17, 15) is 13.2 Å². The molecule has 0 radical (unpaired) electrons. The highest BCUT2D eigenvalue weighted by Gasteiger charge is 2.20. The fourth-order valence-corrected chi connectivity index (χ4v) is 4.33. The first kappa shape index (κ1) is 22.5. The monoisotopic (exact) mass is 438 g/mol. The summed E-state index contributed by atoms with van der Waals surface area (Å²) in [5.74, 6) is -0.316. The van der Waals surface area contributed by atoms with Crippen LogP contribution in [0.1, 0.15) is 22.5 Å². The third-order valence-corrected chi connectivity index (χ3v) is 6.85.